The molecular formula is C34H30F3NSi. The molecule has 0 radical (unpaired) electrons. The molecule has 0 spiro atoms. The zero-order valence-electron chi connectivity index (χ0n) is 22.7. The molecule has 5 heteroatoms. The molecule has 0 bridgehead atoms. The molecule has 0 N–H and O–H groups in total. The van der Waals surface area contributed by atoms with Crippen molar-refractivity contribution in [1.82, 2.24) is 4.98 Å². The highest BCUT2D eigenvalue weighted by atomic mass is 28.3. The molecule has 4 aromatic carbocycles. The average molecular weight is 538 g/mol. The van der Waals surface area contributed by atoms with Crippen molar-refractivity contribution in [3.05, 3.63) is 102 Å². The second-order valence-corrected chi connectivity index (χ2v) is 16.3. The van der Waals surface area contributed by atoms with Gasteiger partial charge < -0.3 is 0 Å². The first-order chi connectivity index (χ1) is 18.4. The van der Waals surface area contributed by atoms with E-state index in [1.807, 2.05) is 12.3 Å². The van der Waals surface area contributed by atoms with Crippen LogP contribution in [0.4, 0.5) is 13.2 Å². The first-order valence-electron chi connectivity index (χ1n) is 13.2. The van der Waals surface area contributed by atoms with Gasteiger partial charge in [0.1, 0.15) is 8.07 Å². The van der Waals surface area contributed by atoms with Crippen LogP contribution < -0.4 is 10.4 Å². The van der Waals surface area contributed by atoms with E-state index in [2.05, 4.69) is 88.5 Å². The number of hydrogen-bond donors (Lipinski definition) is 0. The van der Waals surface area contributed by atoms with Crippen molar-refractivity contribution in [3.8, 4) is 33.5 Å². The molecule has 0 fully saturated rings. The van der Waals surface area contributed by atoms with Gasteiger partial charge in [-0.25, -0.2) is 0 Å². The molecule has 5 aromatic rings. The third-order valence-electron chi connectivity index (χ3n) is 8.05. The van der Waals surface area contributed by atoms with Gasteiger partial charge in [0.2, 0.25) is 0 Å². The van der Waals surface area contributed by atoms with Crippen LogP contribution in [-0.4, -0.2) is 13.1 Å². The minimum absolute atomic E-state index is 0.0277. The van der Waals surface area contributed by atoms with Crippen molar-refractivity contribution in [2.24, 2.45) is 0 Å². The average Bonchev–Trinajstić information content (AvgIpc) is 3.13. The maximum Gasteiger partial charge on any atom is 0.416 e. The Hall–Kier alpha value is -3.70. The Labute approximate surface area is 228 Å². The Bertz CT molecular complexity index is 1740. The minimum atomic E-state index is -4.34. The Morgan fingerprint density at radius 2 is 1.38 bits per heavy atom. The summed E-state index contributed by atoms with van der Waals surface area (Å²) in [4.78, 5) is 4.97. The summed E-state index contributed by atoms with van der Waals surface area (Å²) in [5.41, 5.74) is 6.96. The molecule has 0 aliphatic carbocycles. The van der Waals surface area contributed by atoms with Gasteiger partial charge in [-0.3, -0.25) is 4.98 Å². The van der Waals surface area contributed by atoms with Crippen molar-refractivity contribution in [3.63, 3.8) is 0 Å². The van der Waals surface area contributed by atoms with Gasteiger partial charge in [-0.1, -0.05) is 88.5 Å². The summed E-state index contributed by atoms with van der Waals surface area (Å²) < 4.78 is 39.3. The second kappa shape index (κ2) is 8.65. The van der Waals surface area contributed by atoms with E-state index >= 15 is 0 Å². The number of nitrogens with zero attached hydrogens (tertiary/aromatic N) is 1. The lowest BCUT2D eigenvalue weighted by molar-refractivity contribution is -0.137. The topological polar surface area (TPSA) is 12.9 Å². The van der Waals surface area contributed by atoms with Crippen molar-refractivity contribution >= 4 is 29.2 Å². The summed E-state index contributed by atoms with van der Waals surface area (Å²) in [5.74, 6) is 0. The lowest BCUT2D eigenvalue weighted by Crippen LogP contribution is -2.50. The van der Waals surface area contributed by atoms with Gasteiger partial charge in [0, 0.05) is 11.8 Å². The van der Waals surface area contributed by atoms with Crippen molar-refractivity contribution < 1.29 is 13.2 Å². The monoisotopic (exact) mass is 537 g/mol. The number of benzene rings is 4. The number of hydrogen-bond acceptors (Lipinski definition) is 1. The molecule has 1 aliphatic rings. The second-order valence-electron chi connectivity index (χ2n) is 12.0. The Balaban J connectivity index is 1.50. The number of rotatable bonds is 2. The summed E-state index contributed by atoms with van der Waals surface area (Å²) >= 11 is 0. The van der Waals surface area contributed by atoms with Gasteiger partial charge in [0.25, 0.3) is 0 Å². The first-order valence-corrected chi connectivity index (χ1v) is 16.2. The summed E-state index contributed by atoms with van der Waals surface area (Å²) in [5, 5.41) is 5.09. The van der Waals surface area contributed by atoms with Gasteiger partial charge in [0.05, 0.1) is 11.3 Å². The molecule has 0 unspecified atom stereocenters. The van der Waals surface area contributed by atoms with Gasteiger partial charge in [-0.2, -0.15) is 13.2 Å². The van der Waals surface area contributed by atoms with E-state index in [4.69, 9.17) is 4.98 Å². The largest absolute Gasteiger partial charge is 0.416 e. The fourth-order valence-electron chi connectivity index (χ4n) is 6.07. The minimum Gasteiger partial charge on any atom is -0.256 e. The van der Waals surface area contributed by atoms with Crippen LogP contribution in [0.2, 0.25) is 13.1 Å². The predicted octanol–water partition coefficient (Wildman–Crippen LogP) is 8.69. The molecule has 0 saturated heterocycles. The van der Waals surface area contributed by atoms with Gasteiger partial charge in [-0.15, -0.1) is 0 Å². The Morgan fingerprint density at radius 1 is 0.692 bits per heavy atom. The summed E-state index contributed by atoms with van der Waals surface area (Å²) in [6, 6.07) is 27.0. The number of alkyl halides is 3. The predicted molar refractivity (Wildman–Crippen MR) is 159 cm³/mol. The van der Waals surface area contributed by atoms with E-state index < -0.39 is 19.8 Å². The van der Waals surface area contributed by atoms with Crippen molar-refractivity contribution in [1.29, 1.82) is 0 Å². The zero-order valence-corrected chi connectivity index (χ0v) is 23.7. The number of fused-ring (bicyclic) bond motifs is 4. The van der Waals surface area contributed by atoms with E-state index in [0.29, 0.717) is 0 Å². The van der Waals surface area contributed by atoms with Gasteiger partial charge >= 0.3 is 6.18 Å². The molecule has 1 aromatic heterocycles. The van der Waals surface area contributed by atoms with Gasteiger partial charge in [0.15, 0.2) is 0 Å². The molecule has 0 amide bonds. The molecule has 2 heterocycles. The highest BCUT2D eigenvalue weighted by Gasteiger charge is 2.40. The number of pyridine rings is 1. The van der Waals surface area contributed by atoms with Crippen molar-refractivity contribution in [2.75, 3.05) is 0 Å². The molecule has 0 saturated carbocycles. The first kappa shape index (κ1) is 25.6. The Morgan fingerprint density at radius 3 is 2.08 bits per heavy atom. The Kier molecular flexibility index (Phi) is 5.67. The molecule has 1 nitrogen and oxygen atoms in total. The lowest BCUT2D eigenvalue weighted by Gasteiger charge is -2.25. The molecule has 0 atom stereocenters. The van der Waals surface area contributed by atoms with E-state index in [1.165, 1.54) is 37.8 Å². The third kappa shape index (κ3) is 4.20. The molecule has 196 valence electrons. The smallest absolute Gasteiger partial charge is 0.256 e. The van der Waals surface area contributed by atoms with E-state index in [1.54, 1.807) is 12.1 Å². The molecule has 6 rings (SSSR count). The van der Waals surface area contributed by atoms with Crippen LogP contribution in [0.15, 0.2) is 91.1 Å². The SMILES string of the molecule is CC(C)(C)c1cc(-c2nccc3c2[Si](C)(C)c2cc(-c4ccc(C(F)(F)F)cc4)ccc2-3)cc2ccccc12. The van der Waals surface area contributed by atoms with E-state index in [0.717, 1.165) is 34.5 Å². The van der Waals surface area contributed by atoms with Crippen LogP contribution in [0.3, 0.4) is 0 Å². The molecular weight excluding hydrogens is 507 g/mol. The number of halogens is 3. The summed E-state index contributed by atoms with van der Waals surface area (Å²) in [7, 11) is -2.19. The van der Waals surface area contributed by atoms with Gasteiger partial charge in [-0.05, 0) is 84.7 Å². The summed E-state index contributed by atoms with van der Waals surface area (Å²) in [6.45, 7) is 11.5. The van der Waals surface area contributed by atoms with Crippen LogP contribution in [0.5, 0.6) is 0 Å². The third-order valence-corrected chi connectivity index (χ3v) is 11.6. The maximum atomic E-state index is 13.1. The fraction of sp³-hybridized carbons (Fsp3) is 0.206. The fourth-order valence-corrected chi connectivity index (χ4v) is 9.44. The van der Waals surface area contributed by atoms with E-state index in [9.17, 15) is 13.2 Å². The summed E-state index contributed by atoms with van der Waals surface area (Å²) in [6.07, 6.45) is -2.44. The highest BCUT2D eigenvalue weighted by molar-refractivity contribution is 7.04. The van der Waals surface area contributed by atoms with Crippen LogP contribution in [0.1, 0.15) is 31.9 Å². The molecule has 1 aliphatic heterocycles. The number of aromatic nitrogens is 1. The van der Waals surface area contributed by atoms with Crippen molar-refractivity contribution in [2.45, 2.75) is 45.5 Å². The highest BCUT2D eigenvalue weighted by Crippen LogP contribution is 2.38. The lowest BCUT2D eigenvalue weighted by atomic mass is 9.82. The van der Waals surface area contributed by atoms with Crippen LogP contribution >= 0.6 is 0 Å². The molecule has 39 heavy (non-hydrogen) atoms. The quantitative estimate of drug-likeness (QED) is 0.205. The van der Waals surface area contributed by atoms with Crippen LogP contribution in [-0.2, 0) is 11.6 Å². The van der Waals surface area contributed by atoms with Crippen LogP contribution in [0.25, 0.3) is 44.3 Å². The zero-order chi connectivity index (χ0) is 27.7. The maximum absolute atomic E-state index is 13.1. The standard InChI is InChI=1S/C34H30F3NSi/c1-33(2,3)29-19-24(18-23-8-6-7-9-26(23)29)31-32-28(16-17-38-31)27-15-12-22(20-30(27)39(32,4)5)21-10-13-25(14-11-21)34(35,36)37/h6-20H,1-5H3. The normalized spacial score (nSPS) is 14.4. The van der Waals surface area contributed by atoms with E-state index in [-0.39, 0.29) is 5.41 Å². The van der Waals surface area contributed by atoms with Crippen LogP contribution in [0, 0.1) is 0 Å².